The van der Waals surface area contributed by atoms with E-state index in [1.165, 1.54) is 18.4 Å². The second-order valence-corrected chi connectivity index (χ2v) is 5.11. The van der Waals surface area contributed by atoms with Gasteiger partial charge in [-0.3, -0.25) is 0 Å². The van der Waals surface area contributed by atoms with E-state index < -0.39 is 5.97 Å². The van der Waals surface area contributed by atoms with E-state index in [1.54, 1.807) is 6.20 Å². The second-order valence-electron chi connectivity index (χ2n) is 4.11. The van der Waals surface area contributed by atoms with Gasteiger partial charge in [0.1, 0.15) is 9.71 Å². The fourth-order valence-electron chi connectivity index (χ4n) is 1.87. The van der Waals surface area contributed by atoms with Gasteiger partial charge in [-0.15, -0.1) is 11.3 Å². The largest absolute Gasteiger partial charge is 0.465 e. The highest BCUT2D eigenvalue weighted by atomic mass is 32.1. The Morgan fingerprint density at radius 1 is 1.30 bits per heavy atom. The Labute approximate surface area is 119 Å². The third-order valence-corrected chi connectivity index (χ3v) is 3.99. The molecule has 0 amide bonds. The molecule has 2 aromatic heterocycles. The van der Waals surface area contributed by atoms with Gasteiger partial charge in [0.05, 0.1) is 18.2 Å². The number of methoxy groups -OCH3 is 1. The van der Waals surface area contributed by atoms with Crippen LogP contribution < -0.4 is 5.73 Å². The van der Waals surface area contributed by atoms with Crippen LogP contribution in [0.15, 0.2) is 36.5 Å². The van der Waals surface area contributed by atoms with Crippen LogP contribution in [0.3, 0.4) is 0 Å². The average Bonchev–Trinajstić information content (AvgIpc) is 2.84. The lowest BCUT2D eigenvalue weighted by molar-refractivity contribution is 0.0607. The number of anilines is 1. The fourth-order valence-corrected chi connectivity index (χ4v) is 2.86. The van der Waals surface area contributed by atoms with Crippen LogP contribution >= 0.6 is 11.3 Å². The van der Waals surface area contributed by atoms with Crippen molar-refractivity contribution in [2.75, 3.05) is 12.8 Å². The number of thiophene rings is 1. The van der Waals surface area contributed by atoms with Crippen LogP contribution in [0.5, 0.6) is 0 Å². The molecular formula is C14H11N3O2S. The lowest BCUT2D eigenvalue weighted by atomic mass is 10.2. The lowest BCUT2D eigenvalue weighted by Gasteiger charge is -1.99. The molecule has 5 nitrogen and oxygen atoms in total. The number of aromatic nitrogens is 2. The monoisotopic (exact) mass is 285 g/mol. The van der Waals surface area contributed by atoms with Crippen molar-refractivity contribution < 1.29 is 9.53 Å². The Hall–Kier alpha value is -2.47. The van der Waals surface area contributed by atoms with E-state index in [2.05, 4.69) is 9.97 Å². The van der Waals surface area contributed by atoms with Crippen LogP contribution in [-0.4, -0.2) is 23.0 Å². The minimum absolute atomic E-state index is 0.363. The van der Waals surface area contributed by atoms with E-state index in [1.807, 2.05) is 30.3 Å². The Morgan fingerprint density at radius 3 is 2.75 bits per heavy atom. The average molecular weight is 285 g/mol. The van der Waals surface area contributed by atoms with Crippen molar-refractivity contribution in [1.82, 2.24) is 9.97 Å². The first-order chi connectivity index (χ1) is 9.70. The first kappa shape index (κ1) is 12.6. The number of nitrogen functional groups attached to an aromatic ring is 1. The highest BCUT2D eigenvalue weighted by Gasteiger charge is 2.18. The van der Waals surface area contributed by atoms with Crippen molar-refractivity contribution in [2.45, 2.75) is 0 Å². The molecule has 100 valence electrons. The third-order valence-electron chi connectivity index (χ3n) is 2.89. The van der Waals surface area contributed by atoms with Crippen LogP contribution in [-0.2, 0) is 4.74 Å². The minimum atomic E-state index is -0.452. The smallest absolute Gasteiger partial charge is 0.350 e. The van der Waals surface area contributed by atoms with Gasteiger partial charge in [-0.2, -0.15) is 0 Å². The van der Waals surface area contributed by atoms with Crippen molar-refractivity contribution in [3.05, 3.63) is 41.4 Å². The summed E-state index contributed by atoms with van der Waals surface area (Å²) in [6.07, 6.45) is 1.64. The maximum atomic E-state index is 11.6. The first-order valence-electron chi connectivity index (χ1n) is 5.89. The van der Waals surface area contributed by atoms with E-state index in [-0.39, 0.29) is 0 Å². The van der Waals surface area contributed by atoms with Crippen molar-refractivity contribution in [3.8, 4) is 11.4 Å². The van der Waals surface area contributed by atoms with Crippen molar-refractivity contribution >= 4 is 33.2 Å². The van der Waals surface area contributed by atoms with Crippen LogP contribution in [0.4, 0.5) is 5.69 Å². The summed E-state index contributed by atoms with van der Waals surface area (Å²) in [7, 11) is 1.33. The summed E-state index contributed by atoms with van der Waals surface area (Å²) in [5, 5.41) is 0.676. The molecule has 2 N–H and O–H groups in total. The predicted octanol–water partition coefficient (Wildman–Crippen LogP) is 2.73. The van der Waals surface area contributed by atoms with E-state index in [0.29, 0.717) is 26.6 Å². The summed E-state index contributed by atoms with van der Waals surface area (Å²) in [4.78, 5) is 21.4. The summed E-state index contributed by atoms with van der Waals surface area (Å²) in [6.45, 7) is 0. The van der Waals surface area contributed by atoms with Crippen molar-refractivity contribution in [3.63, 3.8) is 0 Å². The molecule has 0 aliphatic carbocycles. The van der Waals surface area contributed by atoms with E-state index in [0.717, 1.165) is 5.56 Å². The number of benzene rings is 1. The topological polar surface area (TPSA) is 78.1 Å². The number of nitrogens with two attached hydrogens (primary N) is 1. The van der Waals surface area contributed by atoms with E-state index in [9.17, 15) is 4.79 Å². The van der Waals surface area contributed by atoms with Gasteiger partial charge in [-0.25, -0.2) is 14.8 Å². The molecule has 6 heteroatoms. The molecule has 0 atom stereocenters. The molecule has 0 radical (unpaired) electrons. The molecule has 0 saturated carbocycles. The summed E-state index contributed by atoms with van der Waals surface area (Å²) in [6, 6.07) is 9.64. The molecule has 0 unspecified atom stereocenters. The molecule has 2 heterocycles. The number of hydrogen-bond donors (Lipinski definition) is 1. The van der Waals surface area contributed by atoms with Gasteiger partial charge in [0.2, 0.25) is 0 Å². The van der Waals surface area contributed by atoms with Gasteiger partial charge >= 0.3 is 5.97 Å². The number of carbonyl (C=O) groups excluding carboxylic acids is 1. The predicted molar refractivity (Wildman–Crippen MR) is 78.6 cm³/mol. The summed E-state index contributed by atoms with van der Waals surface area (Å²) >= 11 is 1.21. The number of nitrogens with zero attached hydrogens (tertiary/aromatic N) is 2. The summed E-state index contributed by atoms with van der Waals surface area (Å²) in [5.74, 6) is 0.155. The molecule has 0 aliphatic heterocycles. The molecule has 1 aromatic carbocycles. The standard InChI is InChI=1S/C14H11N3O2S/c1-19-14(18)11-10(15)9-7-16-12(17-13(9)20-11)8-5-3-2-4-6-8/h2-7H,15H2,1H3. The summed E-state index contributed by atoms with van der Waals surface area (Å²) < 4.78 is 4.70. The number of ether oxygens (including phenoxy) is 1. The lowest BCUT2D eigenvalue weighted by Crippen LogP contribution is -2.01. The zero-order valence-electron chi connectivity index (χ0n) is 10.7. The van der Waals surface area contributed by atoms with Gasteiger partial charge < -0.3 is 10.5 Å². The first-order valence-corrected chi connectivity index (χ1v) is 6.71. The van der Waals surface area contributed by atoms with Crippen molar-refractivity contribution in [1.29, 1.82) is 0 Å². The maximum Gasteiger partial charge on any atom is 0.350 e. The van der Waals surface area contributed by atoms with Gasteiger partial charge in [0.25, 0.3) is 0 Å². The van der Waals surface area contributed by atoms with Gasteiger partial charge in [-0.1, -0.05) is 30.3 Å². The number of carbonyl (C=O) groups is 1. The van der Waals surface area contributed by atoms with Crippen LogP contribution in [0.2, 0.25) is 0 Å². The van der Waals surface area contributed by atoms with E-state index >= 15 is 0 Å². The highest BCUT2D eigenvalue weighted by molar-refractivity contribution is 7.21. The third kappa shape index (κ3) is 2.00. The van der Waals surface area contributed by atoms with Gasteiger partial charge in [0.15, 0.2) is 5.82 Å². The molecular weight excluding hydrogens is 274 g/mol. The number of hydrogen-bond acceptors (Lipinski definition) is 6. The molecule has 0 aliphatic rings. The normalized spacial score (nSPS) is 10.7. The molecule has 0 spiro atoms. The SMILES string of the molecule is COC(=O)c1sc2nc(-c3ccccc3)ncc2c1N. The number of rotatable bonds is 2. The highest BCUT2D eigenvalue weighted by Crippen LogP contribution is 2.33. The Bertz CT molecular complexity index is 784. The Kier molecular flexibility index (Phi) is 3.08. The van der Waals surface area contributed by atoms with E-state index in [4.69, 9.17) is 10.5 Å². The number of fused-ring (bicyclic) bond motifs is 1. The molecule has 3 aromatic rings. The molecule has 3 rings (SSSR count). The Morgan fingerprint density at radius 2 is 2.05 bits per heavy atom. The zero-order valence-corrected chi connectivity index (χ0v) is 11.5. The molecule has 20 heavy (non-hydrogen) atoms. The van der Waals surface area contributed by atoms with Crippen molar-refractivity contribution in [2.24, 2.45) is 0 Å². The zero-order chi connectivity index (χ0) is 14.1. The maximum absolute atomic E-state index is 11.6. The molecule has 0 saturated heterocycles. The van der Waals surface area contributed by atoms with Gasteiger partial charge in [-0.05, 0) is 0 Å². The second kappa shape index (κ2) is 4.90. The number of esters is 1. The molecule has 0 bridgehead atoms. The Balaban J connectivity index is 2.15. The van der Waals surface area contributed by atoms with Crippen LogP contribution in [0, 0.1) is 0 Å². The quantitative estimate of drug-likeness (QED) is 0.732. The van der Waals surface area contributed by atoms with Crippen LogP contribution in [0.1, 0.15) is 9.67 Å². The molecule has 0 fully saturated rings. The fraction of sp³-hybridized carbons (Fsp3) is 0.0714. The van der Waals surface area contributed by atoms with Gasteiger partial charge in [0, 0.05) is 11.8 Å². The minimum Gasteiger partial charge on any atom is -0.465 e. The summed E-state index contributed by atoms with van der Waals surface area (Å²) in [5.41, 5.74) is 7.22. The van der Waals surface area contributed by atoms with Crippen LogP contribution in [0.25, 0.3) is 21.6 Å².